The van der Waals surface area contributed by atoms with Crippen LogP contribution in [0.25, 0.3) is 0 Å². The van der Waals surface area contributed by atoms with E-state index in [0.29, 0.717) is 0 Å². The quantitative estimate of drug-likeness (QED) is 0.642. The summed E-state index contributed by atoms with van der Waals surface area (Å²) in [7, 11) is 0. The molecule has 3 rings (SSSR count). The second-order valence-electron chi connectivity index (χ2n) is 5.06. The number of rotatable bonds is 0. The summed E-state index contributed by atoms with van der Waals surface area (Å²) in [6.07, 6.45) is 9.70. The van der Waals surface area contributed by atoms with E-state index >= 15 is 0 Å². The van der Waals surface area contributed by atoms with Crippen LogP contribution in [-0.2, 0) is 6.42 Å². The second kappa shape index (κ2) is 3.89. The first-order valence-corrected chi connectivity index (χ1v) is 6.49. The van der Waals surface area contributed by atoms with Gasteiger partial charge in [-0.1, -0.05) is 36.9 Å². The molecule has 0 amide bonds. The molecule has 0 bridgehead atoms. The van der Waals surface area contributed by atoms with E-state index in [1.54, 1.807) is 0 Å². The number of hydrogen-bond donors (Lipinski definition) is 0. The van der Waals surface area contributed by atoms with Crippen LogP contribution in [0.4, 0.5) is 0 Å². The van der Waals surface area contributed by atoms with E-state index in [9.17, 15) is 0 Å². The highest BCUT2D eigenvalue weighted by atomic mass is 35.5. The fourth-order valence-corrected chi connectivity index (χ4v) is 3.15. The minimum Gasteiger partial charge on any atom is -0.286 e. The maximum absolute atomic E-state index is 5.99. The number of hydrogen-bond acceptors (Lipinski definition) is 1. The van der Waals surface area contributed by atoms with E-state index < -0.39 is 0 Å². The molecule has 1 aliphatic carbocycles. The van der Waals surface area contributed by atoms with Gasteiger partial charge in [-0.25, -0.2) is 0 Å². The van der Waals surface area contributed by atoms with Crippen LogP contribution < -0.4 is 0 Å². The molecular weight excluding hydrogens is 218 g/mol. The van der Waals surface area contributed by atoms with Crippen molar-refractivity contribution in [2.75, 3.05) is 0 Å². The van der Waals surface area contributed by atoms with Crippen LogP contribution in [0.1, 0.15) is 43.2 Å². The summed E-state index contributed by atoms with van der Waals surface area (Å²) in [6, 6.07) is 6.19. The summed E-state index contributed by atoms with van der Waals surface area (Å²) in [6.45, 7) is 0. The minimum absolute atomic E-state index is 0.221. The predicted octanol–water partition coefficient (Wildman–Crippen LogP) is 4.02. The van der Waals surface area contributed by atoms with Crippen molar-refractivity contribution in [1.29, 1.82) is 0 Å². The predicted molar refractivity (Wildman–Crippen MR) is 68.6 cm³/mol. The first-order valence-electron chi connectivity index (χ1n) is 6.11. The molecule has 2 heteroatoms. The van der Waals surface area contributed by atoms with Gasteiger partial charge in [-0.3, -0.25) is 4.99 Å². The highest BCUT2D eigenvalue weighted by Crippen LogP contribution is 2.37. The first-order chi connectivity index (χ1) is 7.77. The minimum atomic E-state index is 0.221. The summed E-state index contributed by atoms with van der Waals surface area (Å²) in [5, 5.41) is 0.810. The van der Waals surface area contributed by atoms with Gasteiger partial charge < -0.3 is 0 Å². The van der Waals surface area contributed by atoms with Crippen LogP contribution in [0.3, 0.4) is 0 Å². The van der Waals surface area contributed by atoms with Gasteiger partial charge in [0.2, 0.25) is 0 Å². The summed E-state index contributed by atoms with van der Waals surface area (Å²) < 4.78 is 0. The van der Waals surface area contributed by atoms with Gasteiger partial charge in [0.15, 0.2) is 0 Å². The monoisotopic (exact) mass is 233 g/mol. The molecule has 0 saturated heterocycles. The zero-order valence-electron chi connectivity index (χ0n) is 9.38. The van der Waals surface area contributed by atoms with Crippen LogP contribution in [0, 0.1) is 0 Å². The molecule has 1 nitrogen and oxygen atoms in total. The second-order valence-corrected chi connectivity index (χ2v) is 5.50. The third-order valence-corrected chi connectivity index (χ3v) is 4.12. The van der Waals surface area contributed by atoms with Gasteiger partial charge in [0, 0.05) is 11.2 Å². The standard InChI is InChI=1S/C14H16ClN/c15-13-5-4-11-9-14(6-2-1-3-7-14)16-10-12(11)8-13/h4-5,8,10H,1-3,6-7,9H2. The molecule has 1 spiro atoms. The Hall–Kier alpha value is -0.820. The first kappa shape index (κ1) is 10.3. The molecule has 0 atom stereocenters. The van der Waals surface area contributed by atoms with E-state index in [1.807, 2.05) is 18.3 Å². The average Bonchev–Trinajstić information content (AvgIpc) is 2.31. The van der Waals surface area contributed by atoms with Gasteiger partial charge in [-0.05, 0) is 42.5 Å². The van der Waals surface area contributed by atoms with E-state index in [-0.39, 0.29) is 5.54 Å². The van der Waals surface area contributed by atoms with Crippen molar-refractivity contribution in [3.05, 3.63) is 34.3 Å². The Morgan fingerprint density at radius 2 is 1.94 bits per heavy atom. The van der Waals surface area contributed by atoms with Gasteiger partial charge >= 0.3 is 0 Å². The Morgan fingerprint density at radius 1 is 1.12 bits per heavy atom. The summed E-state index contributed by atoms with van der Waals surface area (Å²) >= 11 is 5.99. The smallest absolute Gasteiger partial charge is 0.0648 e. The molecule has 1 heterocycles. The lowest BCUT2D eigenvalue weighted by Crippen LogP contribution is -2.34. The highest BCUT2D eigenvalue weighted by Gasteiger charge is 2.33. The Balaban J connectivity index is 1.94. The molecule has 0 aromatic heterocycles. The third-order valence-electron chi connectivity index (χ3n) is 3.89. The summed E-state index contributed by atoms with van der Waals surface area (Å²) in [5.74, 6) is 0. The van der Waals surface area contributed by atoms with Crippen molar-refractivity contribution in [2.24, 2.45) is 4.99 Å². The van der Waals surface area contributed by atoms with Crippen molar-refractivity contribution < 1.29 is 0 Å². The molecule has 0 unspecified atom stereocenters. The van der Waals surface area contributed by atoms with E-state index in [0.717, 1.165) is 11.4 Å². The van der Waals surface area contributed by atoms with Crippen LogP contribution in [0.15, 0.2) is 23.2 Å². The Bertz CT molecular complexity index is 430. The van der Waals surface area contributed by atoms with Crippen molar-refractivity contribution in [3.63, 3.8) is 0 Å². The molecule has 84 valence electrons. The van der Waals surface area contributed by atoms with Gasteiger partial charge in [0.1, 0.15) is 0 Å². The number of aliphatic imine (C=N–C) groups is 1. The Labute approximate surface area is 102 Å². The zero-order valence-corrected chi connectivity index (χ0v) is 10.1. The maximum Gasteiger partial charge on any atom is 0.0648 e. The molecule has 2 aliphatic rings. The lowest BCUT2D eigenvalue weighted by atomic mass is 9.76. The van der Waals surface area contributed by atoms with Crippen molar-refractivity contribution in [1.82, 2.24) is 0 Å². The molecule has 1 aliphatic heterocycles. The fraction of sp³-hybridized carbons (Fsp3) is 0.500. The van der Waals surface area contributed by atoms with Gasteiger partial charge in [-0.15, -0.1) is 0 Å². The molecule has 1 fully saturated rings. The molecule has 0 N–H and O–H groups in total. The normalized spacial score (nSPS) is 22.1. The van der Waals surface area contributed by atoms with Crippen molar-refractivity contribution in [2.45, 2.75) is 44.1 Å². The molecule has 16 heavy (non-hydrogen) atoms. The number of fused-ring (bicyclic) bond motifs is 1. The van der Waals surface area contributed by atoms with Gasteiger partial charge in [0.25, 0.3) is 0 Å². The van der Waals surface area contributed by atoms with E-state index in [4.69, 9.17) is 16.6 Å². The third kappa shape index (κ3) is 1.78. The lowest BCUT2D eigenvalue weighted by Gasteiger charge is -2.36. The topological polar surface area (TPSA) is 12.4 Å². The van der Waals surface area contributed by atoms with Crippen LogP contribution in [0.5, 0.6) is 0 Å². The fourth-order valence-electron chi connectivity index (χ4n) is 2.97. The van der Waals surface area contributed by atoms with Crippen molar-refractivity contribution in [3.8, 4) is 0 Å². The van der Waals surface area contributed by atoms with Gasteiger partial charge in [-0.2, -0.15) is 0 Å². The van der Waals surface area contributed by atoms with E-state index in [2.05, 4.69) is 6.07 Å². The lowest BCUT2D eigenvalue weighted by molar-refractivity contribution is 0.295. The molecule has 1 aromatic carbocycles. The Morgan fingerprint density at radius 3 is 2.75 bits per heavy atom. The molecule has 1 saturated carbocycles. The molecule has 1 aromatic rings. The maximum atomic E-state index is 5.99. The zero-order chi connectivity index (χ0) is 11.0. The Kier molecular flexibility index (Phi) is 2.51. The highest BCUT2D eigenvalue weighted by molar-refractivity contribution is 6.30. The SMILES string of the molecule is Clc1ccc2c(c1)C=NC1(CCCCC1)C2. The van der Waals surface area contributed by atoms with Crippen molar-refractivity contribution >= 4 is 17.8 Å². The number of benzene rings is 1. The number of nitrogens with zero attached hydrogens (tertiary/aromatic N) is 1. The summed E-state index contributed by atoms with van der Waals surface area (Å²) in [5.41, 5.74) is 2.85. The molecular formula is C14H16ClN. The summed E-state index contributed by atoms with van der Waals surface area (Å²) in [4.78, 5) is 4.82. The van der Waals surface area contributed by atoms with Crippen LogP contribution in [0.2, 0.25) is 5.02 Å². The van der Waals surface area contributed by atoms with Crippen LogP contribution >= 0.6 is 11.6 Å². The largest absolute Gasteiger partial charge is 0.286 e. The average molecular weight is 234 g/mol. The molecule has 0 radical (unpaired) electrons. The number of halogens is 1. The van der Waals surface area contributed by atoms with Crippen LogP contribution in [-0.4, -0.2) is 11.8 Å². The van der Waals surface area contributed by atoms with Gasteiger partial charge in [0.05, 0.1) is 5.54 Å². The van der Waals surface area contributed by atoms with E-state index in [1.165, 1.54) is 43.2 Å².